The van der Waals surface area contributed by atoms with Gasteiger partial charge in [0.15, 0.2) is 23.0 Å². The summed E-state index contributed by atoms with van der Waals surface area (Å²) in [7, 11) is 3.16. The second-order valence-electron chi connectivity index (χ2n) is 9.23. The summed E-state index contributed by atoms with van der Waals surface area (Å²) in [5.41, 5.74) is 4.18. The van der Waals surface area contributed by atoms with Crippen molar-refractivity contribution in [1.29, 1.82) is 0 Å². The third-order valence-corrected chi connectivity index (χ3v) is 8.42. The SMILES string of the molecule is COc1ccc2c(c1OC)CN(C(=O)OCc1ccccc1)[C@@H]1c3cc4c(cc3[C@H](O)[C@@H](Br)[C@H]21)OCO4. The van der Waals surface area contributed by atoms with Crippen molar-refractivity contribution in [2.24, 2.45) is 0 Å². The zero-order chi connectivity index (χ0) is 25.7. The molecule has 2 heterocycles. The van der Waals surface area contributed by atoms with Gasteiger partial charge in [-0.2, -0.15) is 0 Å². The maximum Gasteiger partial charge on any atom is 0.410 e. The van der Waals surface area contributed by atoms with Crippen molar-refractivity contribution in [3.63, 3.8) is 0 Å². The highest BCUT2D eigenvalue weighted by molar-refractivity contribution is 9.09. The van der Waals surface area contributed by atoms with Crippen LogP contribution in [0.3, 0.4) is 0 Å². The minimum Gasteiger partial charge on any atom is -0.493 e. The molecule has 6 rings (SSSR count). The fourth-order valence-corrected chi connectivity index (χ4v) is 6.51. The quantitative estimate of drug-likeness (QED) is 0.432. The van der Waals surface area contributed by atoms with E-state index in [2.05, 4.69) is 15.9 Å². The van der Waals surface area contributed by atoms with Crippen molar-refractivity contribution in [3.8, 4) is 23.0 Å². The minimum absolute atomic E-state index is 0.114. The largest absolute Gasteiger partial charge is 0.493 e. The summed E-state index contributed by atoms with van der Waals surface area (Å²) in [5, 5.41) is 11.4. The van der Waals surface area contributed by atoms with Gasteiger partial charge in [-0.1, -0.05) is 52.3 Å². The number of fused-ring (bicyclic) bond motifs is 6. The molecule has 2 aliphatic heterocycles. The van der Waals surface area contributed by atoms with Gasteiger partial charge in [0.25, 0.3) is 0 Å². The Morgan fingerprint density at radius 1 is 1.03 bits per heavy atom. The van der Waals surface area contributed by atoms with Crippen molar-refractivity contribution in [1.82, 2.24) is 4.90 Å². The first-order valence-corrected chi connectivity index (χ1v) is 12.9. The molecule has 0 aromatic heterocycles. The molecule has 3 aromatic rings. The van der Waals surface area contributed by atoms with Crippen molar-refractivity contribution in [3.05, 3.63) is 82.4 Å². The first-order chi connectivity index (χ1) is 18.0. The molecule has 3 aliphatic rings. The monoisotopic (exact) mass is 567 g/mol. The molecule has 1 amide bonds. The number of aliphatic hydroxyl groups is 1. The number of aliphatic hydroxyl groups excluding tert-OH is 1. The summed E-state index contributed by atoms with van der Waals surface area (Å²) in [6.45, 7) is 0.501. The Morgan fingerprint density at radius 3 is 2.46 bits per heavy atom. The van der Waals surface area contributed by atoms with E-state index in [0.717, 1.165) is 22.3 Å². The van der Waals surface area contributed by atoms with Crippen LogP contribution in [0.25, 0.3) is 0 Å². The third kappa shape index (κ3) is 3.88. The number of ether oxygens (including phenoxy) is 5. The fourth-order valence-electron chi connectivity index (χ4n) is 5.66. The Kier molecular flexibility index (Phi) is 6.12. The minimum atomic E-state index is -0.841. The van der Waals surface area contributed by atoms with Gasteiger partial charge in [0.2, 0.25) is 6.79 Å². The first kappa shape index (κ1) is 23.9. The van der Waals surface area contributed by atoms with Crippen LogP contribution in [0.5, 0.6) is 23.0 Å². The Bertz CT molecular complexity index is 1350. The van der Waals surface area contributed by atoms with E-state index in [4.69, 9.17) is 23.7 Å². The van der Waals surface area contributed by atoms with Crippen molar-refractivity contribution < 1.29 is 33.6 Å². The van der Waals surface area contributed by atoms with Crippen LogP contribution < -0.4 is 18.9 Å². The van der Waals surface area contributed by atoms with Crippen LogP contribution in [0.15, 0.2) is 54.6 Å². The van der Waals surface area contributed by atoms with Crippen LogP contribution in [0.2, 0.25) is 0 Å². The van der Waals surface area contributed by atoms with E-state index in [1.807, 2.05) is 54.6 Å². The van der Waals surface area contributed by atoms with Crippen molar-refractivity contribution in [2.75, 3.05) is 21.0 Å². The molecule has 0 radical (unpaired) electrons. The molecule has 0 saturated heterocycles. The van der Waals surface area contributed by atoms with Gasteiger partial charge in [0, 0.05) is 11.5 Å². The number of carbonyl (C=O) groups excluding carboxylic acids is 1. The summed E-state index contributed by atoms with van der Waals surface area (Å²) < 4.78 is 28.3. The van der Waals surface area contributed by atoms with E-state index < -0.39 is 23.1 Å². The molecule has 3 aromatic carbocycles. The van der Waals surface area contributed by atoms with E-state index in [-0.39, 0.29) is 25.9 Å². The second kappa shape index (κ2) is 9.46. The highest BCUT2D eigenvalue weighted by atomic mass is 79.9. The molecule has 192 valence electrons. The van der Waals surface area contributed by atoms with E-state index in [9.17, 15) is 9.90 Å². The predicted molar refractivity (Wildman–Crippen MR) is 137 cm³/mol. The van der Waals surface area contributed by atoms with Crippen LogP contribution in [0.4, 0.5) is 4.79 Å². The predicted octanol–water partition coefficient (Wildman–Crippen LogP) is 5.22. The van der Waals surface area contributed by atoms with Crippen LogP contribution >= 0.6 is 15.9 Å². The van der Waals surface area contributed by atoms with Gasteiger partial charge in [-0.05, 0) is 40.5 Å². The molecule has 0 unspecified atom stereocenters. The van der Waals surface area contributed by atoms with Crippen LogP contribution in [0, 0.1) is 0 Å². The third-order valence-electron chi connectivity index (χ3n) is 7.35. The number of hydrogen-bond donors (Lipinski definition) is 1. The summed E-state index contributed by atoms with van der Waals surface area (Å²) in [5.74, 6) is 2.01. The molecule has 1 N–H and O–H groups in total. The number of halogens is 1. The van der Waals surface area contributed by atoms with Gasteiger partial charge in [0.05, 0.1) is 37.7 Å². The summed E-state index contributed by atoms with van der Waals surface area (Å²) >= 11 is 3.78. The van der Waals surface area contributed by atoms with Crippen molar-refractivity contribution >= 4 is 22.0 Å². The number of rotatable bonds is 4. The van der Waals surface area contributed by atoms with E-state index in [1.165, 1.54) is 0 Å². The zero-order valence-corrected chi connectivity index (χ0v) is 21.9. The summed E-state index contributed by atoms with van der Waals surface area (Å²) in [6, 6.07) is 16.7. The van der Waals surface area contributed by atoms with Gasteiger partial charge < -0.3 is 28.8 Å². The molecule has 1 aliphatic carbocycles. The number of benzene rings is 3. The number of methoxy groups -OCH3 is 2. The molecule has 0 bridgehead atoms. The van der Waals surface area contributed by atoms with E-state index in [1.54, 1.807) is 19.1 Å². The van der Waals surface area contributed by atoms with Gasteiger partial charge in [-0.25, -0.2) is 4.79 Å². The number of carbonyl (C=O) groups is 1. The van der Waals surface area contributed by atoms with E-state index >= 15 is 0 Å². The molecule has 0 fully saturated rings. The number of amides is 1. The molecule has 0 saturated carbocycles. The highest BCUT2D eigenvalue weighted by Crippen LogP contribution is 2.58. The van der Waals surface area contributed by atoms with Crippen molar-refractivity contribution in [2.45, 2.75) is 36.0 Å². The Labute approximate surface area is 222 Å². The van der Waals surface area contributed by atoms with Crippen LogP contribution in [0.1, 0.15) is 45.9 Å². The summed E-state index contributed by atoms with van der Waals surface area (Å²) in [6.07, 6.45) is -1.30. The Hall–Kier alpha value is -3.43. The Balaban J connectivity index is 1.48. The second-order valence-corrected chi connectivity index (χ2v) is 10.3. The number of alkyl halides is 1. The number of nitrogens with zero attached hydrogens (tertiary/aromatic N) is 1. The normalized spacial score (nSPS) is 23.0. The lowest BCUT2D eigenvalue weighted by molar-refractivity contribution is 0.0494. The van der Waals surface area contributed by atoms with E-state index in [0.29, 0.717) is 28.6 Å². The van der Waals surface area contributed by atoms with Gasteiger partial charge >= 0.3 is 6.09 Å². The molecular formula is C28H26BrNO7. The lowest BCUT2D eigenvalue weighted by Gasteiger charge is -2.48. The average molecular weight is 568 g/mol. The first-order valence-electron chi connectivity index (χ1n) is 12.0. The van der Waals surface area contributed by atoms with Crippen LogP contribution in [-0.4, -0.2) is 41.9 Å². The summed E-state index contributed by atoms with van der Waals surface area (Å²) in [4.78, 5) is 15.0. The standard InChI is InChI=1S/C28H26BrNO7/c1-33-20-9-8-16-19(27(20)34-2)12-30(28(32)35-13-15-6-4-3-5-7-15)25-17-10-21-22(37-14-36-21)11-18(17)26(31)24(29)23(16)25/h3-11,23-26,31H,12-14H2,1-2H3/t23-,24-,25+,26-/m0/s1. The maximum atomic E-state index is 13.7. The average Bonchev–Trinajstić information content (AvgIpc) is 3.40. The maximum absolute atomic E-state index is 13.7. The lowest BCUT2D eigenvalue weighted by Crippen LogP contribution is -2.47. The van der Waals surface area contributed by atoms with Crippen LogP contribution in [-0.2, 0) is 17.9 Å². The fraction of sp³-hybridized carbons (Fsp3) is 0.321. The molecule has 37 heavy (non-hydrogen) atoms. The lowest BCUT2D eigenvalue weighted by atomic mass is 9.70. The number of hydrogen-bond acceptors (Lipinski definition) is 7. The highest BCUT2D eigenvalue weighted by Gasteiger charge is 2.50. The van der Waals surface area contributed by atoms with Gasteiger partial charge in [-0.15, -0.1) is 0 Å². The smallest absolute Gasteiger partial charge is 0.410 e. The molecule has 8 nitrogen and oxygen atoms in total. The molecular weight excluding hydrogens is 542 g/mol. The molecule has 9 heteroatoms. The molecule has 4 atom stereocenters. The molecule has 0 spiro atoms. The van der Waals surface area contributed by atoms with Gasteiger partial charge in [-0.3, -0.25) is 4.90 Å². The Morgan fingerprint density at radius 2 is 1.76 bits per heavy atom. The topological polar surface area (TPSA) is 86.7 Å². The van der Waals surface area contributed by atoms with Gasteiger partial charge in [0.1, 0.15) is 6.61 Å². The zero-order valence-electron chi connectivity index (χ0n) is 20.3.